The molecule has 3 nitrogen and oxygen atoms in total. The van der Waals surface area contributed by atoms with Crippen molar-refractivity contribution in [2.24, 2.45) is 0 Å². The maximum absolute atomic E-state index is 2.37. The molecule has 0 heterocycles. The van der Waals surface area contributed by atoms with Crippen molar-refractivity contribution in [3.05, 3.63) is 288 Å². The van der Waals surface area contributed by atoms with Crippen LogP contribution in [0.2, 0.25) is 0 Å². The van der Waals surface area contributed by atoms with Crippen molar-refractivity contribution in [3.8, 4) is 22.3 Å². The minimum absolute atomic E-state index is 0.789. The minimum atomic E-state index is 0.789. The molecule has 2 aliphatic rings. The molecule has 3 heteroatoms. The van der Waals surface area contributed by atoms with Crippen LogP contribution in [0.4, 0.5) is 39.8 Å². The lowest BCUT2D eigenvalue weighted by Crippen LogP contribution is -2.15. The van der Waals surface area contributed by atoms with Gasteiger partial charge < -0.3 is 14.7 Å². The Morgan fingerprint density at radius 1 is 0.271 bits per heavy atom. The number of nitrogens with zero attached hydrogens (tertiary/aromatic N) is 3. The molecule has 10 rings (SSSR count). The van der Waals surface area contributed by atoms with E-state index in [1.807, 2.05) is 0 Å². The molecule has 8 aromatic rings. The highest BCUT2D eigenvalue weighted by Crippen LogP contribution is 2.40. The maximum Gasteiger partial charge on any atom is 0.0462 e. The molecule has 0 N–H and O–H groups in total. The molecule has 8 aromatic carbocycles. The molecule has 70 heavy (non-hydrogen) atoms. The van der Waals surface area contributed by atoms with Gasteiger partial charge in [-0.3, -0.25) is 0 Å². The molecule has 0 spiro atoms. The van der Waals surface area contributed by atoms with Crippen LogP contribution < -0.4 is 14.7 Å². The van der Waals surface area contributed by atoms with E-state index in [0.717, 1.165) is 86.3 Å². The number of hydrogen-bond donors (Lipinski definition) is 0. The third kappa shape index (κ3) is 10.2. The zero-order chi connectivity index (χ0) is 48.0. The van der Waals surface area contributed by atoms with Crippen molar-refractivity contribution in [2.75, 3.05) is 14.7 Å². The Balaban J connectivity index is 1.04. The largest absolute Gasteiger partial charge is 0.311 e. The Labute approximate surface area is 415 Å². The van der Waals surface area contributed by atoms with Crippen LogP contribution in [-0.4, -0.2) is 0 Å². The molecule has 0 saturated heterocycles. The summed E-state index contributed by atoms with van der Waals surface area (Å²) in [5.74, 6) is 0. The van der Waals surface area contributed by atoms with Gasteiger partial charge in [-0.15, -0.1) is 0 Å². The second-order valence-electron chi connectivity index (χ2n) is 18.6. The van der Waals surface area contributed by atoms with Crippen LogP contribution in [-0.2, 0) is 0 Å². The van der Waals surface area contributed by atoms with E-state index in [9.17, 15) is 0 Å². The van der Waals surface area contributed by atoms with Crippen molar-refractivity contribution < 1.29 is 0 Å². The summed E-state index contributed by atoms with van der Waals surface area (Å²) in [6.07, 6.45) is 21.9. The summed E-state index contributed by atoms with van der Waals surface area (Å²) >= 11 is 0. The molecule has 0 radical (unpaired) electrons. The molecule has 0 aliphatic heterocycles. The number of allylic oxidation sites excluding steroid dienone is 10. The van der Waals surface area contributed by atoms with E-state index in [1.54, 1.807) is 0 Å². The van der Waals surface area contributed by atoms with Crippen LogP contribution in [0.1, 0.15) is 46.2 Å². The molecule has 0 unspecified atom stereocenters. The minimum Gasteiger partial charge on any atom is -0.311 e. The summed E-state index contributed by atoms with van der Waals surface area (Å²) in [5.41, 5.74) is 23.4. The molecule has 0 bridgehead atoms. The van der Waals surface area contributed by atoms with Gasteiger partial charge in [0.05, 0.1) is 0 Å². The first-order chi connectivity index (χ1) is 34.2. The molecule has 0 amide bonds. The number of anilines is 7. The fourth-order valence-corrected chi connectivity index (χ4v) is 9.28. The fourth-order valence-electron chi connectivity index (χ4n) is 9.28. The summed E-state index contributed by atoms with van der Waals surface area (Å²) in [4.78, 5) is 7.06. The summed E-state index contributed by atoms with van der Waals surface area (Å²) in [7, 11) is 0. The van der Waals surface area contributed by atoms with Crippen molar-refractivity contribution in [1.82, 2.24) is 0 Å². The Hall–Kier alpha value is -8.40. The fraction of sp³-hybridized carbons (Fsp3) is 0.104. The summed E-state index contributed by atoms with van der Waals surface area (Å²) in [6, 6.07) is 69.3. The molecule has 342 valence electrons. The van der Waals surface area contributed by atoms with E-state index in [4.69, 9.17) is 0 Å². The molecule has 0 aromatic heterocycles. The van der Waals surface area contributed by atoms with E-state index in [2.05, 4.69) is 292 Å². The Bertz CT molecular complexity index is 3200. The molecule has 0 fully saturated rings. The standard InChI is InChI=1S/C67H59N3/c1-48-15-30-61(31-16-48)68(59-12-8-6-7-9-13-59)66-41-26-54(27-42-66)57-45-56(53-11-10-14-60(40-25-53)69(62-32-17-49(2)18-33-62)63-34-19-50(3)20-35-63)46-58(47-57)55-28-43-67(44-29-55)70(64-36-21-51(4)22-37-64)65-38-23-52(5)24-39-65/h6-8,11-47H,9-10H2,1-5H3. The van der Waals surface area contributed by atoms with E-state index >= 15 is 0 Å². The van der Waals surface area contributed by atoms with Crippen LogP contribution in [0.3, 0.4) is 0 Å². The number of hydrogen-bond acceptors (Lipinski definition) is 3. The van der Waals surface area contributed by atoms with Crippen molar-refractivity contribution >= 4 is 45.4 Å². The number of rotatable bonds is 12. The highest BCUT2D eigenvalue weighted by Gasteiger charge is 2.18. The summed E-state index contributed by atoms with van der Waals surface area (Å²) < 4.78 is 0. The lowest BCUT2D eigenvalue weighted by molar-refractivity contribution is 1.18. The third-order valence-corrected chi connectivity index (χ3v) is 13.2. The average molecular weight is 906 g/mol. The van der Waals surface area contributed by atoms with Crippen LogP contribution in [0.25, 0.3) is 27.8 Å². The van der Waals surface area contributed by atoms with E-state index in [1.165, 1.54) is 39.0 Å². The van der Waals surface area contributed by atoms with Gasteiger partial charge >= 0.3 is 0 Å². The van der Waals surface area contributed by atoms with Gasteiger partial charge in [-0.05, 0) is 196 Å². The number of benzene rings is 8. The van der Waals surface area contributed by atoms with Crippen molar-refractivity contribution in [2.45, 2.75) is 47.5 Å². The van der Waals surface area contributed by atoms with Gasteiger partial charge in [-0.1, -0.05) is 155 Å². The zero-order valence-electron chi connectivity index (χ0n) is 40.8. The summed E-state index contributed by atoms with van der Waals surface area (Å²) in [5, 5.41) is 0. The van der Waals surface area contributed by atoms with E-state index < -0.39 is 0 Å². The van der Waals surface area contributed by atoms with Crippen LogP contribution in [0, 0.1) is 34.6 Å². The Morgan fingerprint density at radius 2 is 0.600 bits per heavy atom. The highest BCUT2D eigenvalue weighted by atomic mass is 15.2. The van der Waals surface area contributed by atoms with E-state index in [0.29, 0.717) is 0 Å². The van der Waals surface area contributed by atoms with Gasteiger partial charge in [-0.2, -0.15) is 0 Å². The Kier molecular flexibility index (Phi) is 13.3. The second-order valence-corrected chi connectivity index (χ2v) is 18.6. The zero-order valence-corrected chi connectivity index (χ0v) is 40.8. The second kappa shape index (κ2) is 20.4. The third-order valence-electron chi connectivity index (χ3n) is 13.2. The van der Waals surface area contributed by atoms with Gasteiger partial charge in [0.15, 0.2) is 0 Å². The van der Waals surface area contributed by atoms with Crippen molar-refractivity contribution in [3.63, 3.8) is 0 Å². The van der Waals surface area contributed by atoms with Crippen LogP contribution in [0.5, 0.6) is 0 Å². The SMILES string of the molecule is Cc1ccc(N(C2=CCC=C(c3cc(-c4ccc(N(C5=CCC=CC=C5)c5ccc(C)cc5)cc4)cc(-c4ccc(N(c5ccc(C)cc5)c5ccc(C)cc5)cc4)c3)C=C2)c2ccc(C)cc2)cc1. The first-order valence-corrected chi connectivity index (χ1v) is 24.4. The first kappa shape index (κ1) is 45.4. The van der Waals surface area contributed by atoms with Crippen molar-refractivity contribution in [1.29, 1.82) is 0 Å². The van der Waals surface area contributed by atoms with Gasteiger partial charge in [0.2, 0.25) is 0 Å². The number of aryl methyl sites for hydroxylation is 5. The molecule has 2 aliphatic carbocycles. The summed E-state index contributed by atoms with van der Waals surface area (Å²) in [6.45, 7) is 10.7. The van der Waals surface area contributed by atoms with Gasteiger partial charge in [-0.25, -0.2) is 0 Å². The smallest absolute Gasteiger partial charge is 0.0462 e. The molecule has 0 saturated carbocycles. The van der Waals surface area contributed by atoms with Gasteiger partial charge in [0.1, 0.15) is 0 Å². The van der Waals surface area contributed by atoms with E-state index in [-0.39, 0.29) is 0 Å². The topological polar surface area (TPSA) is 9.72 Å². The normalized spacial score (nSPS) is 13.2. The first-order valence-electron chi connectivity index (χ1n) is 24.4. The van der Waals surface area contributed by atoms with Crippen LogP contribution in [0.15, 0.2) is 254 Å². The molecule has 0 atom stereocenters. The lowest BCUT2D eigenvalue weighted by Gasteiger charge is -2.27. The maximum atomic E-state index is 2.37. The lowest BCUT2D eigenvalue weighted by atomic mass is 9.92. The van der Waals surface area contributed by atoms with Gasteiger partial charge in [0, 0.05) is 51.2 Å². The van der Waals surface area contributed by atoms with Crippen LogP contribution >= 0.6 is 0 Å². The van der Waals surface area contributed by atoms with Gasteiger partial charge in [0.25, 0.3) is 0 Å². The highest BCUT2D eigenvalue weighted by molar-refractivity contribution is 5.86. The predicted molar refractivity (Wildman–Crippen MR) is 300 cm³/mol. The molecular weight excluding hydrogens is 847 g/mol. The predicted octanol–water partition coefficient (Wildman–Crippen LogP) is 18.6. The quantitative estimate of drug-likeness (QED) is 0.121. The monoisotopic (exact) mass is 905 g/mol. The Morgan fingerprint density at radius 3 is 1.00 bits per heavy atom. The average Bonchev–Trinajstić information content (AvgIpc) is 3.82. The molecular formula is C67H59N3.